The Hall–Kier alpha value is -3.37. The molecule has 0 atom stereocenters. The maximum atomic E-state index is 13.2. The highest BCUT2D eigenvalue weighted by molar-refractivity contribution is 6.35. The van der Waals surface area contributed by atoms with Crippen LogP contribution in [0.4, 0.5) is 0 Å². The second kappa shape index (κ2) is 7.09. The van der Waals surface area contributed by atoms with Crippen LogP contribution in [0.1, 0.15) is 15.9 Å². The zero-order valence-electron chi connectivity index (χ0n) is 14.2. The molecular weight excluding hydrogens is 360 g/mol. The molecule has 0 saturated carbocycles. The van der Waals surface area contributed by atoms with E-state index in [1.54, 1.807) is 36.4 Å². The molecule has 0 bridgehead atoms. The zero-order valence-corrected chi connectivity index (χ0v) is 15.0. The van der Waals surface area contributed by atoms with Gasteiger partial charge in [0.15, 0.2) is 0 Å². The van der Waals surface area contributed by atoms with E-state index >= 15 is 0 Å². The topological polar surface area (TPSA) is 54.9 Å². The summed E-state index contributed by atoms with van der Waals surface area (Å²) < 4.78 is 1.38. The van der Waals surface area contributed by atoms with Gasteiger partial charge >= 0.3 is 0 Å². The van der Waals surface area contributed by atoms with Crippen molar-refractivity contribution >= 4 is 17.4 Å². The Morgan fingerprint density at radius 2 is 1.41 bits per heavy atom. The number of para-hydroxylation sites is 1. The lowest BCUT2D eigenvalue weighted by Crippen LogP contribution is -2.21. The Labute approximate surface area is 160 Å². The number of hydrogen-bond acceptors (Lipinski definition) is 2. The van der Waals surface area contributed by atoms with Crippen LogP contribution in [-0.2, 0) is 0 Å². The molecular formula is C22H15ClN2O2. The van der Waals surface area contributed by atoms with Crippen molar-refractivity contribution in [3.05, 3.63) is 111 Å². The van der Waals surface area contributed by atoms with E-state index in [0.29, 0.717) is 22.0 Å². The number of rotatable bonds is 4. The first-order valence-electron chi connectivity index (χ1n) is 8.42. The van der Waals surface area contributed by atoms with Crippen LogP contribution in [0.15, 0.2) is 89.7 Å². The average Bonchev–Trinajstić information content (AvgIpc) is 3.06. The van der Waals surface area contributed by atoms with Gasteiger partial charge in [0, 0.05) is 11.1 Å². The van der Waals surface area contributed by atoms with E-state index in [1.807, 2.05) is 48.5 Å². The fourth-order valence-electron chi connectivity index (χ4n) is 3.00. The average molecular weight is 375 g/mol. The molecule has 0 saturated heterocycles. The number of ketones is 1. The quantitative estimate of drug-likeness (QED) is 0.525. The molecule has 0 amide bonds. The zero-order chi connectivity index (χ0) is 18.8. The number of nitrogens with zero attached hydrogens (tertiary/aromatic N) is 1. The Balaban J connectivity index is 1.97. The largest absolute Gasteiger partial charge is 0.290 e. The predicted octanol–water partition coefficient (Wildman–Crippen LogP) is 4.72. The van der Waals surface area contributed by atoms with Crippen LogP contribution >= 0.6 is 11.6 Å². The summed E-state index contributed by atoms with van der Waals surface area (Å²) in [7, 11) is 0. The van der Waals surface area contributed by atoms with E-state index in [4.69, 9.17) is 11.6 Å². The lowest BCUT2D eigenvalue weighted by molar-refractivity contribution is 0.103. The van der Waals surface area contributed by atoms with E-state index in [-0.39, 0.29) is 5.56 Å². The number of hydrogen-bond donors (Lipinski definition) is 1. The van der Waals surface area contributed by atoms with Crippen molar-refractivity contribution in [2.24, 2.45) is 0 Å². The van der Waals surface area contributed by atoms with E-state index < -0.39 is 11.3 Å². The van der Waals surface area contributed by atoms with Crippen molar-refractivity contribution in [3.63, 3.8) is 0 Å². The fourth-order valence-corrected chi connectivity index (χ4v) is 3.22. The second-order valence-electron chi connectivity index (χ2n) is 6.01. The highest BCUT2D eigenvalue weighted by Gasteiger charge is 2.25. The van der Waals surface area contributed by atoms with Crippen molar-refractivity contribution in [3.8, 4) is 16.9 Å². The minimum absolute atomic E-state index is 0.0677. The second-order valence-corrected chi connectivity index (χ2v) is 6.42. The van der Waals surface area contributed by atoms with Gasteiger partial charge in [-0.2, -0.15) is 0 Å². The van der Waals surface area contributed by atoms with Gasteiger partial charge in [0.25, 0.3) is 5.56 Å². The van der Waals surface area contributed by atoms with Crippen molar-refractivity contribution in [2.75, 3.05) is 0 Å². The smallest absolute Gasteiger partial charge is 0.283 e. The predicted molar refractivity (Wildman–Crippen MR) is 107 cm³/mol. The normalized spacial score (nSPS) is 10.7. The molecule has 5 heteroatoms. The first-order valence-corrected chi connectivity index (χ1v) is 8.79. The maximum absolute atomic E-state index is 13.2. The molecule has 4 aromatic rings. The summed E-state index contributed by atoms with van der Waals surface area (Å²) in [6.45, 7) is 0. The third kappa shape index (κ3) is 3.11. The van der Waals surface area contributed by atoms with Crippen LogP contribution in [0.25, 0.3) is 16.9 Å². The van der Waals surface area contributed by atoms with Crippen LogP contribution in [0.2, 0.25) is 5.02 Å². The van der Waals surface area contributed by atoms with Crippen LogP contribution in [0.3, 0.4) is 0 Å². The Morgan fingerprint density at radius 1 is 0.815 bits per heavy atom. The van der Waals surface area contributed by atoms with Crippen LogP contribution in [0, 0.1) is 0 Å². The van der Waals surface area contributed by atoms with Crippen molar-refractivity contribution < 1.29 is 4.79 Å². The van der Waals surface area contributed by atoms with Crippen LogP contribution in [-0.4, -0.2) is 15.6 Å². The molecule has 1 N–H and O–H groups in total. The van der Waals surface area contributed by atoms with Gasteiger partial charge in [0.2, 0.25) is 5.78 Å². The van der Waals surface area contributed by atoms with E-state index in [9.17, 15) is 9.59 Å². The van der Waals surface area contributed by atoms with Crippen molar-refractivity contribution in [1.82, 2.24) is 9.78 Å². The lowest BCUT2D eigenvalue weighted by Gasteiger charge is -2.04. The van der Waals surface area contributed by atoms with Gasteiger partial charge in [-0.05, 0) is 24.3 Å². The Kier molecular flexibility index (Phi) is 4.48. The lowest BCUT2D eigenvalue weighted by atomic mass is 10.00. The first-order chi connectivity index (χ1) is 13.2. The Bertz CT molecular complexity index is 1160. The minimum Gasteiger partial charge on any atom is -0.290 e. The molecule has 1 heterocycles. The van der Waals surface area contributed by atoms with E-state index in [1.165, 1.54) is 4.68 Å². The minimum atomic E-state index is -0.412. The molecule has 0 fully saturated rings. The summed E-state index contributed by atoms with van der Waals surface area (Å²) in [6, 6.07) is 25.2. The van der Waals surface area contributed by atoms with Gasteiger partial charge in [-0.15, -0.1) is 0 Å². The highest BCUT2D eigenvalue weighted by atomic mass is 35.5. The summed E-state index contributed by atoms with van der Waals surface area (Å²) in [5, 5.41) is 3.41. The highest BCUT2D eigenvalue weighted by Crippen LogP contribution is 2.25. The third-order valence-electron chi connectivity index (χ3n) is 4.31. The Morgan fingerprint density at radius 3 is 2.07 bits per heavy atom. The number of aromatic amines is 1. The van der Waals surface area contributed by atoms with E-state index in [2.05, 4.69) is 5.10 Å². The standard InChI is InChI=1S/C22H15ClN2O2/c23-18-14-8-7-13-17(18)21(26)19-20(15-9-3-1-4-10-15)24-25(22(19)27)16-11-5-2-6-12-16/h1-14,24H. The van der Waals surface area contributed by atoms with Gasteiger partial charge in [0.05, 0.1) is 16.4 Å². The molecule has 4 rings (SSSR count). The molecule has 0 aliphatic carbocycles. The number of nitrogens with one attached hydrogen (secondary N) is 1. The number of aromatic nitrogens is 2. The summed E-state index contributed by atoms with van der Waals surface area (Å²) in [5.74, 6) is -0.407. The number of carbonyl (C=O) groups is 1. The summed E-state index contributed by atoms with van der Waals surface area (Å²) in [4.78, 5) is 26.4. The molecule has 0 unspecified atom stereocenters. The summed E-state index contributed by atoms with van der Waals surface area (Å²) in [5.41, 5.74) is 1.82. The van der Waals surface area contributed by atoms with Gasteiger partial charge in [0.1, 0.15) is 5.56 Å². The first kappa shape index (κ1) is 17.1. The SMILES string of the molecule is O=C(c1ccccc1Cl)c1c(-c2ccccc2)[nH]n(-c2ccccc2)c1=O. The van der Waals surface area contributed by atoms with Crippen LogP contribution in [0.5, 0.6) is 0 Å². The van der Waals surface area contributed by atoms with Crippen molar-refractivity contribution in [2.45, 2.75) is 0 Å². The summed E-state index contributed by atoms with van der Waals surface area (Å²) in [6.07, 6.45) is 0. The number of halogens is 1. The number of benzene rings is 3. The van der Waals surface area contributed by atoms with Gasteiger partial charge in [-0.3, -0.25) is 14.7 Å². The molecule has 0 radical (unpaired) electrons. The van der Waals surface area contributed by atoms with Gasteiger partial charge < -0.3 is 0 Å². The molecule has 0 aliphatic rings. The number of carbonyl (C=O) groups excluding carboxylic acids is 1. The monoisotopic (exact) mass is 374 g/mol. The van der Waals surface area contributed by atoms with Crippen molar-refractivity contribution in [1.29, 1.82) is 0 Å². The van der Waals surface area contributed by atoms with Crippen LogP contribution < -0.4 is 5.56 Å². The molecule has 27 heavy (non-hydrogen) atoms. The number of H-pyrrole nitrogens is 1. The maximum Gasteiger partial charge on any atom is 0.283 e. The molecule has 0 spiro atoms. The molecule has 3 aromatic carbocycles. The molecule has 132 valence electrons. The summed E-state index contributed by atoms with van der Waals surface area (Å²) >= 11 is 6.20. The third-order valence-corrected chi connectivity index (χ3v) is 4.64. The molecule has 0 aliphatic heterocycles. The molecule has 4 nitrogen and oxygen atoms in total. The van der Waals surface area contributed by atoms with E-state index in [0.717, 1.165) is 5.56 Å². The van der Waals surface area contributed by atoms with Gasteiger partial charge in [-0.1, -0.05) is 72.3 Å². The van der Waals surface area contributed by atoms with Gasteiger partial charge in [-0.25, -0.2) is 4.68 Å². The fraction of sp³-hybridized carbons (Fsp3) is 0. The molecule has 1 aromatic heterocycles.